The first-order valence-electron chi connectivity index (χ1n) is 9.60. The van der Waals surface area contributed by atoms with E-state index in [1.807, 2.05) is 31.2 Å². The van der Waals surface area contributed by atoms with E-state index in [1.165, 1.54) is 12.1 Å². The molecular formula is C23H20FN5. The standard InChI is InChI=1S/C23H20FN5/c1-16-11-19(24)12-20-22(16)27-15-18(14-26)23(20)29-8-4-7-28(9-10-29)21-6-3-2-5-17(21)13-25/h2-3,5-6,11-12,15H,4,7-10H2,1H3. The predicted molar refractivity (Wildman–Crippen MR) is 111 cm³/mol. The minimum absolute atomic E-state index is 0.326. The maximum absolute atomic E-state index is 14.2. The number of hydrogen-bond acceptors (Lipinski definition) is 5. The molecule has 2 heterocycles. The normalized spacial score (nSPS) is 14.3. The van der Waals surface area contributed by atoms with E-state index in [9.17, 15) is 14.9 Å². The molecule has 2 aromatic carbocycles. The summed E-state index contributed by atoms with van der Waals surface area (Å²) in [5.41, 5.74) is 4.26. The lowest BCUT2D eigenvalue weighted by Gasteiger charge is -2.27. The molecule has 1 saturated heterocycles. The monoisotopic (exact) mass is 385 g/mol. The average Bonchev–Trinajstić information content (AvgIpc) is 2.98. The Morgan fingerprint density at radius 1 is 0.966 bits per heavy atom. The van der Waals surface area contributed by atoms with Crippen LogP contribution in [-0.4, -0.2) is 31.2 Å². The van der Waals surface area contributed by atoms with Gasteiger partial charge in [-0.25, -0.2) is 4.39 Å². The Bertz CT molecular complexity index is 1160. The summed E-state index contributed by atoms with van der Waals surface area (Å²) in [6.07, 6.45) is 2.44. The van der Waals surface area contributed by atoms with Gasteiger partial charge in [-0.15, -0.1) is 0 Å². The molecule has 0 saturated carbocycles. The van der Waals surface area contributed by atoms with Crippen molar-refractivity contribution in [2.45, 2.75) is 13.3 Å². The average molecular weight is 385 g/mol. The van der Waals surface area contributed by atoms with E-state index in [4.69, 9.17) is 0 Å². The van der Waals surface area contributed by atoms with Crippen LogP contribution in [0.3, 0.4) is 0 Å². The molecule has 1 aliphatic heterocycles. The Hall–Kier alpha value is -3.64. The van der Waals surface area contributed by atoms with E-state index < -0.39 is 0 Å². The van der Waals surface area contributed by atoms with Gasteiger partial charge >= 0.3 is 0 Å². The molecule has 144 valence electrons. The van der Waals surface area contributed by atoms with E-state index in [1.54, 1.807) is 6.20 Å². The molecule has 0 N–H and O–H groups in total. The zero-order chi connectivity index (χ0) is 20.4. The van der Waals surface area contributed by atoms with Gasteiger partial charge in [-0.3, -0.25) is 4.98 Å². The van der Waals surface area contributed by atoms with Crippen LogP contribution in [0.5, 0.6) is 0 Å². The number of para-hydroxylation sites is 1. The molecule has 4 rings (SSSR count). The number of nitriles is 2. The lowest BCUT2D eigenvalue weighted by molar-refractivity contribution is 0.628. The van der Waals surface area contributed by atoms with Crippen LogP contribution in [0, 0.1) is 35.4 Å². The molecule has 6 heteroatoms. The Kier molecular flexibility index (Phi) is 5.01. The fourth-order valence-corrected chi connectivity index (χ4v) is 4.07. The largest absolute Gasteiger partial charge is 0.369 e. The van der Waals surface area contributed by atoms with Gasteiger partial charge in [0.25, 0.3) is 0 Å². The van der Waals surface area contributed by atoms with Crippen molar-refractivity contribution in [3.05, 3.63) is 65.1 Å². The van der Waals surface area contributed by atoms with Crippen molar-refractivity contribution >= 4 is 22.3 Å². The summed E-state index contributed by atoms with van der Waals surface area (Å²) in [5, 5.41) is 19.8. The van der Waals surface area contributed by atoms with Crippen LogP contribution in [0.25, 0.3) is 10.9 Å². The van der Waals surface area contributed by atoms with Gasteiger partial charge in [0.15, 0.2) is 0 Å². The highest BCUT2D eigenvalue weighted by Gasteiger charge is 2.22. The van der Waals surface area contributed by atoms with Crippen molar-refractivity contribution in [1.29, 1.82) is 10.5 Å². The van der Waals surface area contributed by atoms with Crippen LogP contribution in [0.1, 0.15) is 23.1 Å². The highest BCUT2D eigenvalue weighted by Crippen LogP contribution is 2.33. The molecule has 0 bridgehead atoms. The molecule has 1 fully saturated rings. The number of pyridine rings is 1. The molecule has 0 spiro atoms. The number of aromatic nitrogens is 1. The van der Waals surface area contributed by atoms with Crippen LogP contribution in [0.2, 0.25) is 0 Å². The van der Waals surface area contributed by atoms with Gasteiger partial charge in [0, 0.05) is 37.8 Å². The zero-order valence-corrected chi connectivity index (χ0v) is 16.2. The first kappa shape index (κ1) is 18.7. The molecular weight excluding hydrogens is 365 g/mol. The Morgan fingerprint density at radius 2 is 1.69 bits per heavy atom. The van der Waals surface area contributed by atoms with Gasteiger partial charge in [0.2, 0.25) is 0 Å². The molecule has 0 aliphatic carbocycles. The zero-order valence-electron chi connectivity index (χ0n) is 16.2. The summed E-state index contributed by atoms with van der Waals surface area (Å²) >= 11 is 0. The first-order valence-corrected chi connectivity index (χ1v) is 9.60. The smallest absolute Gasteiger partial charge is 0.124 e. The Balaban J connectivity index is 1.72. The number of hydrogen-bond donors (Lipinski definition) is 0. The van der Waals surface area contributed by atoms with E-state index in [0.29, 0.717) is 29.6 Å². The number of benzene rings is 2. The molecule has 1 aromatic heterocycles. The summed E-state index contributed by atoms with van der Waals surface area (Å²) in [6, 6.07) is 15.0. The topological polar surface area (TPSA) is 67.0 Å². The Morgan fingerprint density at radius 3 is 2.48 bits per heavy atom. The summed E-state index contributed by atoms with van der Waals surface area (Å²) in [7, 11) is 0. The van der Waals surface area contributed by atoms with E-state index >= 15 is 0 Å². The number of halogens is 1. The number of fused-ring (bicyclic) bond motifs is 1. The lowest BCUT2D eigenvalue weighted by Crippen LogP contribution is -2.31. The maximum Gasteiger partial charge on any atom is 0.124 e. The highest BCUT2D eigenvalue weighted by atomic mass is 19.1. The highest BCUT2D eigenvalue weighted by molar-refractivity contribution is 5.96. The van der Waals surface area contributed by atoms with Crippen LogP contribution in [-0.2, 0) is 0 Å². The summed E-state index contributed by atoms with van der Waals surface area (Å²) in [5.74, 6) is -0.326. The minimum atomic E-state index is -0.326. The van der Waals surface area contributed by atoms with Gasteiger partial charge in [-0.05, 0) is 43.2 Å². The fraction of sp³-hybridized carbons (Fsp3) is 0.261. The van der Waals surface area contributed by atoms with Crippen LogP contribution in [0.15, 0.2) is 42.6 Å². The molecule has 0 radical (unpaired) electrons. The van der Waals surface area contributed by atoms with Gasteiger partial charge in [0.1, 0.15) is 18.0 Å². The van der Waals surface area contributed by atoms with E-state index in [-0.39, 0.29) is 5.82 Å². The number of anilines is 2. The first-order chi connectivity index (χ1) is 14.1. The quantitative estimate of drug-likeness (QED) is 0.663. The second-order valence-electron chi connectivity index (χ2n) is 7.21. The number of rotatable bonds is 2. The van der Waals surface area contributed by atoms with Gasteiger partial charge < -0.3 is 9.80 Å². The van der Waals surface area contributed by atoms with Crippen LogP contribution in [0.4, 0.5) is 15.8 Å². The third-order valence-electron chi connectivity index (χ3n) is 5.40. The fourth-order valence-electron chi connectivity index (χ4n) is 4.07. The van der Waals surface area contributed by atoms with E-state index in [2.05, 4.69) is 26.9 Å². The van der Waals surface area contributed by atoms with E-state index in [0.717, 1.165) is 42.0 Å². The summed E-state index contributed by atoms with van der Waals surface area (Å²) in [6.45, 7) is 4.77. The van der Waals surface area contributed by atoms with Crippen molar-refractivity contribution < 1.29 is 4.39 Å². The van der Waals surface area contributed by atoms with Crippen LogP contribution >= 0.6 is 0 Å². The van der Waals surface area contributed by atoms with Crippen molar-refractivity contribution in [3.8, 4) is 12.1 Å². The van der Waals surface area contributed by atoms with Crippen LogP contribution < -0.4 is 9.80 Å². The molecule has 29 heavy (non-hydrogen) atoms. The molecule has 3 aromatic rings. The molecule has 0 unspecified atom stereocenters. The lowest BCUT2D eigenvalue weighted by atomic mass is 10.0. The molecule has 0 amide bonds. The van der Waals surface area contributed by atoms with Crippen molar-refractivity contribution in [2.75, 3.05) is 36.0 Å². The van der Waals surface area contributed by atoms with Gasteiger partial charge in [-0.2, -0.15) is 10.5 Å². The predicted octanol–water partition coefficient (Wildman–Crippen LogP) is 4.14. The van der Waals surface area contributed by atoms with Crippen molar-refractivity contribution in [1.82, 2.24) is 4.98 Å². The number of aryl methyl sites for hydroxylation is 1. The molecule has 5 nitrogen and oxygen atoms in total. The minimum Gasteiger partial charge on any atom is -0.369 e. The molecule has 0 atom stereocenters. The second-order valence-corrected chi connectivity index (χ2v) is 7.21. The second kappa shape index (κ2) is 7.77. The van der Waals surface area contributed by atoms with Gasteiger partial charge in [-0.1, -0.05) is 12.1 Å². The van der Waals surface area contributed by atoms with Crippen molar-refractivity contribution in [3.63, 3.8) is 0 Å². The summed E-state index contributed by atoms with van der Waals surface area (Å²) < 4.78 is 14.2. The third-order valence-corrected chi connectivity index (χ3v) is 5.40. The summed E-state index contributed by atoms with van der Waals surface area (Å²) in [4.78, 5) is 8.75. The SMILES string of the molecule is Cc1cc(F)cc2c(N3CCCN(c4ccccc4C#N)CC3)c(C#N)cnc12. The Labute approximate surface area is 169 Å². The maximum atomic E-state index is 14.2. The number of nitrogens with zero attached hydrogens (tertiary/aromatic N) is 5. The van der Waals surface area contributed by atoms with Crippen molar-refractivity contribution in [2.24, 2.45) is 0 Å². The van der Waals surface area contributed by atoms with Gasteiger partial charge in [0.05, 0.1) is 28.0 Å². The molecule has 1 aliphatic rings. The third kappa shape index (κ3) is 3.46.